The van der Waals surface area contributed by atoms with Crippen molar-refractivity contribution in [3.63, 3.8) is 0 Å². The molecule has 0 aliphatic heterocycles. The minimum Gasteiger partial charge on any atom is -0.298 e. The van der Waals surface area contributed by atoms with E-state index in [0.717, 1.165) is 50.2 Å². The number of carbonyl (C=O) groups is 1. The van der Waals surface area contributed by atoms with E-state index in [9.17, 15) is 26.7 Å². The molecule has 37 heavy (non-hydrogen) atoms. The zero-order chi connectivity index (χ0) is 26.4. The van der Waals surface area contributed by atoms with E-state index >= 15 is 0 Å². The fraction of sp³-hybridized carbons (Fsp3) is 0.393. The van der Waals surface area contributed by atoms with Crippen LogP contribution < -0.4 is 4.90 Å². The van der Waals surface area contributed by atoms with Crippen molar-refractivity contribution < 1.29 is 26.7 Å². The van der Waals surface area contributed by atoms with Crippen LogP contribution in [0.3, 0.4) is 0 Å². The molecule has 1 fully saturated rings. The van der Waals surface area contributed by atoms with Gasteiger partial charge in [-0.15, -0.1) is 0 Å². The average Bonchev–Trinajstić information content (AvgIpc) is 2.92. The summed E-state index contributed by atoms with van der Waals surface area (Å²) >= 11 is 0. The van der Waals surface area contributed by atoms with Crippen molar-refractivity contribution in [1.82, 2.24) is 9.97 Å². The number of nitrogens with zero attached hydrogens (tertiary/aromatic N) is 3. The maximum absolute atomic E-state index is 14.5. The molecule has 1 saturated carbocycles. The largest absolute Gasteiger partial charge is 0.298 e. The number of aryl methyl sites for hydroxylation is 2. The SMILES string of the molecule is Cc1c(F)c(F)c(F)c(F)c1CC(=O)N(C)c1nc2c(nc1C1CCCCC1)-c1ccc(F)cc1CC2. The Hall–Kier alpha value is -3.36. The second-order valence-corrected chi connectivity index (χ2v) is 9.85. The number of halogens is 5. The molecule has 0 unspecified atom stereocenters. The van der Waals surface area contributed by atoms with Crippen molar-refractivity contribution in [2.24, 2.45) is 0 Å². The van der Waals surface area contributed by atoms with Crippen molar-refractivity contribution in [1.29, 1.82) is 0 Å². The lowest BCUT2D eigenvalue weighted by Crippen LogP contribution is -2.32. The Morgan fingerprint density at radius 1 is 0.946 bits per heavy atom. The number of likely N-dealkylation sites (N-methyl/N-ethyl adjacent to an activating group) is 1. The summed E-state index contributed by atoms with van der Waals surface area (Å²) in [5.41, 5.74) is 2.62. The molecule has 0 saturated heterocycles. The van der Waals surface area contributed by atoms with Crippen LogP contribution in [0.1, 0.15) is 66.1 Å². The number of amides is 1. The van der Waals surface area contributed by atoms with E-state index in [0.29, 0.717) is 35.7 Å². The zero-order valence-corrected chi connectivity index (χ0v) is 20.6. The van der Waals surface area contributed by atoms with Gasteiger partial charge in [0.1, 0.15) is 5.82 Å². The lowest BCUT2D eigenvalue weighted by atomic mass is 9.85. The van der Waals surface area contributed by atoms with Gasteiger partial charge in [0.25, 0.3) is 0 Å². The molecule has 1 amide bonds. The smallest absolute Gasteiger partial charge is 0.232 e. The van der Waals surface area contributed by atoms with Gasteiger partial charge in [0.05, 0.1) is 23.5 Å². The first-order chi connectivity index (χ1) is 17.7. The van der Waals surface area contributed by atoms with Gasteiger partial charge in [-0.2, -0.15) is 0 Å². The summed E-state index contributed by atoms with van der Waals surface area (Å²) < 4.78 is 69.9. The molecule has 2 aliphatic carbocycles. The van der Waals surface area contributed by atoms with Gasteiger partial charge in [-0.25, -0.2) is 31.9 Å². The topological polar surface area (TPSA) is 46.1 Å². The predicted molar refractivity (Wildman–Crippen MR) is 129 cm³/mol. The maximum atomic E-state index is 14.5. The van der Waals surface area contributed by atoms with Crippen LogP contribution in [-0.4, -0.2) is 22.9 Å². The van der Waals surface area contributed by atoms with E-state index in [1.54, 1.807) is 6.07 Å². The zero-order valence-electron chi connectivity index (χ0n) is 20.6. The van der Waals surface area contributed by atoms with Crippen molar-refractivity contribution in [2.45, 2.75) is 64.2 Å². The summed E-state index contributed by atoms with van der Waals surface area (Å²) in [6.45, 7) is 1.11. The Kier molecular flexibility index (Phi) is 6.72. The summed E-state index contributed by atoms with van der Waals surface area (Å²) in [6, 6.07) is 4.58. The minimum atomic E-state index is -1.94. The Labute approximate surface area is 211 Å². The summed E-state index contributed by atoms with van der Waals surface area (Å²) in [4.78, 5) is 24.3. The number of anilines is 1. The standard InChI is InChI=1S/C28H26F5N3O/c1-14-19(23(31)25(33)24(32)22(14)30)13-21(37)36(2)28-26(15-6-4-3-5-7-15)35-27-18-10-9-17(29)12-16(18)8-11-20(27)34-28/h9-10,12,15H,3-8,11,13H2,1-2H3. The van der Waals surface area contributed by atoms with E-state index in [1.165, 1.54) is 24.1 Å². The molecule has 1 heterocycles. The number of fused-ring (bicyclic) bond motifs is 3. The fourth-order valence-corrected chi connectivity index (χ4v) is 5.40. The summed E-state index contributed by atoms with van der Waals surface area (Å²) in [7, 11) is 1.47. The van der Waals surface area contributed by atoms with Crippen LogP contribution in [0.25, 0.3) is 11.3 Å². The Morgan fingerprint density at radius 3 is 2.38 bits per heavy atom. The number of hydrogen-bond donors (Lipinski definition) is 0. The lowest BCUT2D eigenvalue weighted by molar-refractivity contribution is -0.117. The van der Waals surface area contributed by atoms with Gasteiger partial charge in [0.15, 0.2) is 29.1 Å². The number of benzene rings is 2. The van der Waals surface area contributed by atoms with Crippen molar-refractivity contribution >= 4 is 11.7 Å². The molecule has 0 radical (unpaired) electrons. The van der Waals surface area contributed by atoms with Gasteiger partial charge >= 0.3 is 0 Å². The van der Waals surface area contributed by atoms with Gasteiger partial charge in [0, 0.05) is 24.1 Å². The molecule has 2 aliphatic rings. The quantitative estimate of drug-likeness (QED) is 0.226. The number of hydrogen-bond acceptors (Lipinski definition) is 3. The highest BCUT2D eigenvalue weighted by atomic mass is 19.2. The molecule has 9 heteroatoms. The summed E-state index contributed by atoms with van der Waals surface area (Å²) in [5, 5.41) is 0. The Bertz CT molecular complexity index is 1370. The van der Waals surface area contributed by atoms with Crippen molar-refractivity contribution in [3.8, 4) is 11.3 Å². The van der Waals surface area contributed by atoms with Crippen molar-refractivity contribution in [2.75, 3.05) is 11.9 Å². The average molecular weight is 516 g/mol. The monoisotopic (exact) mass is 515 g/mol. The summed E-state index contributed by atoms with van der Waals surface area (Å²) in [6.07, 6.45) is 5.21. The van der Waals surface area contributed by atoms with Crippen LogP contribution in [0.15, 0.2) is 18.2 Å². The van der Waals surface area contributed by atoms with E-state index in [4.69, 9.17) is 9.97 Å². The maximum Gasteiger partial charge on any atom is 0.232 e. The molecule has 0 bridgehead atoms. The molecule has 0 atom stereocenters. The second kappa shape index (κ2) is 9.84. The molecular formula is C28H26F5N3O. The number of carbonyl (C=O) groups excluding carboxylic acids is 1. The highest BCUT2D eigenvalue weighted by molar-refractivity contribution is 5.94. The van der Waals surface area contributed by atoms with E-state index in [-0.39, 0.29) is 11.7 Å². The molecule has 1 aromatic heterocycles. The third kappa shape index (κ3) is 4.49. The Balaban J connectivity index is 1.56. The van der Waals surface area contributed by atoms with Crippen LogP contribution in [0.2, 0.25) is 0 Å². The second-order valence-electron chi connectivity index (χ2n) is 9.85. The molecule has 0 spiro atoms. The minimum absolute atomic E-state index is 0.0433. The van der Waals surface area contributed by atoms with Crippen LogP contribution in [0.5, 0.6) is 0 Å². The molecule has 4 nitrogen and oxygen atoms in total. The third-order valence-electron chi connectivity index (χ3n) is 7.57. The van der Waals surface area contributed by atoms with Gasteiger partial charge in [0.2, 0.25) is 5.91 Å². The molecule has 3 aromatic rings. The van der Waals surface area contributed by atoms with Crippen LogP contribution in [0.4, 0.5) is 27.8 Å². The first-order valence-electron chi connectivity index (χ1n) is 12.4. The van der Waals surface area contributed by atoms with Gasteiger partial charge in [-0.1, -0.05) is 19.3 Å². The molecule has 194 valence electrons. The highest BCUT2D eigenvalue weighted by Gasteiger charge is 2.31. The summed E-state index contributed by atoms with van der Waals surface area (Å²) in [5.74, 6) is -7.55. The molecule has 2 aromatic carbocycles. The van der Waals surface area contributed by atoms with Gasteiger partial charge in [-0.05, 0) is 61.9 Å². The number of aromatic nitrogens is 2. The van der Waals surface area contributed by atoms with E-state index < -0.39 is 46.7 Å². The molecule has 0 N–H and O–H groups in total. The highest BCUT2D eigenvalue weighted by Crippen LogP contribution is 2.40. The lowest BCUT2D eigenvalue weighted by Gasteiger charge is -2.29. The van der Waals surface area contributed by atoms with Gasteiger partial charge in [-0.3, -0.25) is 9.69 Å². The van der Waals surface area contributed by atoms with Crippen LogP contribution >= 0.6 is 0 Å². The molecule has 5 rings (SSSR count). The first-order valence-corrected chi connectivity index (χ1v) is 12.4. The van der Waals surface area contributed by atoms with Crippen molar-refractivity contribution in [3.05, 3.63) is 75.4 Å². The Morgan fingerprint density at radius 2 is 1.65 bits per heavy atom. The fourth-order valence-electron chi connectivity index (χ4n) is 5.40. The van der Waals surface area contributed by atoms with E-state index in [2.05, 4.69) is 0 Å². The normalized spacial score (nSPS) is 15.3. The third-order valence-corrected chi connectivity index (χ3v) is 7.57. The van der Waals surface area contributed by atoms with Crippen LogP contribution in [-0.2, 0) is 24.1 Å². The van der Waals surface area contributed by atoms with Crippen LogP contribution in [0, 0.1) is 36.0 Å². The number of rotatable bonds is 4. The van der Waals surface area contributed by atoms with E-state index in [1.807, 2.05) is 0 Å². The first kappa shape index (κ1) is 25.3. The predicted octanol–water partition coefficient (Wildman–Crippen LogP) is 6.50. The molecular weight excluding hydrogens is 489 g/mol. The van der Waals surface area contributed by atoms with Gasteiger partial charge < -0.3 is 0 Å².